The highest BCUT2D eigenvalue weighted by molar-refractivity contribution is 14.0. The van der Waals surface area contributed by atoms with Crippen LogP contribution in [0.25, 0.3) is 0 Å². The van der Waals surface area contributed by atoms with Crippen LogP contribution in [-0.4, -0.2) is 39.9 Å². The Kier molecular flexibility index (Phi) is 5.73. The zero-order valence-electron chi connectivity index (χ0n) is 14.3. The van der Waals surface area contributed by atoms with Crippen LogP contribution in [0.2, 0.25) is 0 Å². The first-order chi connectivity index (χ1) is 12.2. The number of rotatable bonds is 3. The van der Waals surface area contributed by atoms with E-state index in [1.165, 1.54) is 18.2 Å². The topological polar surface area (TPSA) is 67.1 Å². The number of guanidine groups is 1. The van der Waals surface area contributed by atoms with Crippen molar-refractivity contribution in [1.29, 1.82) is 0 Å². The predicted molar refractivity (Wildman–Crippen MR) is 105 cm³/mol. The second-order valence-corrected chi connectivity index (χ2v) is 6.54. The lowest BCUT2D eigenvalue weighted by Gasteiger charge is -2.25. The highest BCUT2D eigenvalue weighted by atomic mass is 127. The van der Waals surface area contributed by atoms with Gasteiger partial charge in [-0.25, -0.2) is 18.4 Å². The number of aryl methyl sites for hydroxylation is 1. The summed E-state index contributed by atoms with van der Waals surface area (Å²) in [6.45, 7) is 0.728. The molecule has 0 saturated heterocycles. The van der Waals surface area contributed by atoms with E-state index in [0.717, 1.165) is 25.2 Å². The Bertz CT molecular complexity index is 788. The lowest BCUT2D eigenvalue weighted by molar-refractivity contribution is 0.392. The van der Waals surface area contributed by atoms with Gasteiger partial charge in [-0.05, 0) is 25.0 Å². The van der Waals surface area contributed by atoms with E-state index in [1.807, 2.05) is 4.68 Å². The molecular weight excluding hydrogens is 453 g/mol. The molecule has 9 heteroatoms. The molecule has 2 heterocycles. The first kappa shape index (κ1) is 19.0. The molecule has 1 aliphatic carbocycles. The molecule has 1 fully saturated rings. The Balaban J connectivity index is 0.00000196. The van der Waals surface area contributed by atoms with E-state index in [2.05, 4.69) is 25.7 Å². The number of hydrogen-bond acceptors (Lipinski definition) is 3. The van der Waals surface area contributed by atoms with Crippen LogP contribution in [0.15, 0.2) is 29.5 Å². The Labute approximate surface area is 167 Å². The number of halogens is 3. The molecule has 140 valence electrons. The van der Waals surface area contributed by atoms with Gasteiger partial charge in [0.2, 0.25) is 0 Å². The lowest BCUT2D eigenvalue weighted by atomic mass is 10.1. The fourth-order valence-corrected chi connectivity index (χ4v) is 3.43. The van der Waals surface area contributed by atoms with Gasteiger partial charge >= 0.3 is 0 Å². The van der Waals surface area contributed by atoms with Crippen molar-refractivity contribution in [3.8, 4) is 0 Å². The quantitative estimate of drug-likeness (QED) is 0.407. The molecule has 3 unspecified atom stereocenters. The van der Waals surface area contributed by atoms with Gasteiger partial charge in [0, 0.05) is 37.0 Å². The van der Waals surface area contributed by atoms with E-state index in [0.29, 0.717) is 12.4 Å². The molecule has 1 saturated carbocycles. The number of fused-ring (bicyclic) bond motifs is 1. The second-order valence-electron chi connectivity index (χ2n) is 6.54. The summed E-state index contributed by atoms with van der Waals surface area (Å²) in [5, 5.41) is 10.8. The zero-order valence-corrected chi connectivity index (χ0v) is 16.7. The highest BCUT2D eigenvalue weighted by Crippen LogP contribution is 2.43. The normalized spacial score (nSPS) is 24.4. The largest absolute Gasteiger partial charge is 0.353 e. The standard InChI is InChI=1S/C17H20F2N6.HI/c1-20-17(23-10-5-6-15-21-9-22-25(15)8-10)24-14-7-11(14)16-12(18)3-2-4-13(16)19;/h2-4,9-11,14H,5-8H2,1H3,(H2,20,23,24);1H. The van der Waals surface area contributed by atoms with Crippen molar-refractivity contribution in [2.75, 3.05) is 7.05 Å². The first-order valence-electron chi connectivity index (χ1n) is 8.46. The van der Waals surface area contributed by atoms with Gasteiger partial charge in [-0.2, -0.15) is 5.10 Å². The minimum Gasteiger partial charge on any atom is -0.353 e. The van der Waals surface area contributed by atoms with E-state index in [1.54, 1.807) is 13.4 Å². The van der Waals surface area contributed by atoms with E-state index in [-0.39, 0.29) is 47.5 Å². The smallest absolute Gasteiger partial charge is 0.191 e. The Hall–Kier alpha value is -1.78. The maximum absolute atomic E-state index is 13.9. The molecule has 1 aromatic carbocycles. The fraction of sp³-hybridized carbons (Fsp3) is 0.471. The second kappa shape index (κ2) is 7.85. The maximum Gasteiger partial charge on any atom is 0.191 e. The molecule has 3 atom stereocenters. The van der Waals surface area contributed by atoms with Crippen molar-refractivity contribution < 1.29 is 8.78 Å². The molecule has 2 aliphatic rings. The third-order valence-corrected chi connectivity index (χ3v) is 4.85. The molecule has 2 aromatic rings. The van der Waals surface area contributed by atoms with Crippen LogP contribution in [-0.2, 0) is 13.0 Å². The Morgan fingerprint density at radius 1 is 1.27 bits per heavy atom. The molecule has 26 heavy (non-hydrogen) atoms. The summed E-state index contributed by atoms with van der Waals surface area (Å²) in [4.78, 5) is 8.46. The molecule has 6 nitrogen and oxygen atoms in total. The molecule has 1 aliphatic heterocycles. The minimum absolute atomic E-state index is 0. The van der Waals surface area contributed by atoms with Crippen molar-refractivity contribution in [3.05, 3.63) is 47.5 Å². The predicted octanol–water partition coefficient (Wildman–Crippen LogP) is 2.21. The monoisotopic (exact) mass is 474 g/mol. The van der Waals surface area contributed by atoms with Gasteiger partial charge in [-0.3, -0.25) is 4.99 Å². The number of aliphatic imine (C=N–C) groups is 1. The summed E-state index contributed by atoms with van der Waals surface area (Å²) in [6, 6.07) is 4.18. The van der Waals surface area contributed by atoms with Crippen LogP contribution in [0.5, 0.6) is 0 Å². The first-order valence-corrected chi connectivity index (χ1v) is 8.46. The maximum atomic E-state index is 13.9. The van der Waals surface area contributed by atoms with Gasteiger partial charge in [0.05, 0.1) is 6.54 Å². The van der Waals surface area contributed by atoms with E-state index < -0.39 is 11.6 Å². The van der Waals surface area contributed by atoms with Gasteiger partial charge in [0.25, 0.3) is 0 Å². The molecule has 0 spiro atoms. The molecule has 2 N–H and O–H groups in total. The lowest BCUT2D eigenvalue weighted by Crippen LogP contribution is -2.47. The van der Waals surface area contributed by atoms with Crippen molar-refractivity contribution in [2.45, 2.75) is 43.8 Å². The van der Waals surface area contributed by atoms with Crippen LogP contribution in [0, 0.1) is 11.6 Å². The van der Waals surface area contributed by atoms with Crippen LogP contribution >= 0.6 is 24.0 Å². The summed E-state index contributed by atoms with van der Waals surface area (Å²) in [7, 11) is 1.69. The third kappa shape index (κ3) is 3.81. The van der Waals surface area contributed by atoms with Crippen LogP contribution < -0.4 is 10.6 Å². The molecule has 0 amide bonds. The van der Waals surface area contributed by atoms with Crippen molar-refractivity contribution in [2.24, 2.45) is 4.99 Å². The van der Waals surface area contributed by atoms with Gasteiger partial charge < -0.3 is 10.6 Å². The molecule has 0 radical (unpaired) electrons. The number of nitrogens with one attached hydrogen (secondary N) is 2. The van der Waals surface area contributed by atoms with E-state index in [4.69, 9.17) is 0 Å². The van der Waals surface area contributed by atoms with Crippen molar-refractivity contribution in [3.63, 3.8) is 0 Å². The molecule has 1 aromatic heterocycles. The summed E-state index contributed by atoms with van der Waals surface area (Å²) in [6.07, 6.45) is 4.07. The van der Waals surface area contributed by atoms with Gasteiger partial charge in [-0.1, -0.05) is 6.07 Å². The number of benzene rings is 1. The van der Waals surface area contributed by atoms with Gasteiger partial charge in [0.15, 0.2) is 5.96 Å². The zero-order chi connectivity index (χ0) is 17.4. The summed E-state index contributed by atoms with van der Waals surface area (Å²) in [5.74, 6) is 0.524. The number of aromatic nitrogens is 3. The van der Waals surface area contributed by atoms with Gasteiger partial charge in [-0.15, -0.1) is 24.0 Å². The van der Waals surface area contributed by atoms with Crippen LogP contribution in [0.4, 0.5) is 8.78 Å². The van der Waals surface area contributed by atoms with Gasteiger partial charge in [0.1, 0.15) is 23.8 Å². The van der Waals surface area contributed by atoms with Crippen LogP contribution in [0.3, 0.4) is 0 Å². The Morgan fingerprint density at radius 2 is 2.04 bits per heavy atom. The van der Waals surface area contributed by atoms with Crippen LogP contribution in [0.1, 0.15) is 30.1 Å². The molecular formula is C17H21F2IN6. The number of nitrogens with zero attached hydrogens (tertiary/aromatic N) is 4. The van der Waals surface area contributed by atoms with E-state index in [9.17, 15) is 8.78 Å². The summed E-state index contributed by atoms with van der Waals surface area (Å²) in [5.41, 5.74) is 0.167. The molecule has 0 bridgehead atoms. The average molecular weight is 474 g/mol. The van der Waals surface area contributed by atoms with E-state index >= 15 is 0 Å². The third-order valence-electron chi connectivity index (χ3n) is 4.85. The summed E-state index contributed by atoms with van der Waals surface area (Å²) >= 11 is 0. The number of hydrogen-bond donors (Lipinski definition) is 2. The Morgan fingerprint density at radius 3 is 2.77 bits per heavy atom. The highest BCUT2D eigenvalue weighted by Gasteiger charge is 2.42. The van der Waals surface area contributed by atoms with Crippen molar-refractivity contribution in [1.82, 2.24) is 25.4 Å². The average Bonchev–Trinajstić information content (AvgIpc) is 3.17. The SMILES string of the molecule is CN=C(NC1CCc2ncnn2C1)NC1CC1c1c(F)cccc1F.I. The minimum atomic E-state index is -0.483. The summed E-state index contributed by atoms with van der Waals surface area (Å²) < 4.78 is 29.7. The fourth-order valence-electron chi connectivity index (χ4n) is 3.43. The molecule has 4 rings (SSSR count). The van der Waals surface area contributed by atoms with Crippen molar-refractivity contribution >= 4 is 29.9 Å².